The van der Waals surface area contributed by atoms with Crippen molar-refractivity contribution in [2.24, 2.45) is 0 Å². The zero-order chi connectivity index (χ0) is 14.0. The van der Waals surface area contributed by atoms with Crippen LogP contribution in [0.3, 0.4) is 0 Å². The number of hydrogen-bond acceptors (Lipinski definition) is 3. The van der Waals surface area contributed by atoms with Gasteiger partial charge in [-0.15, -0.1) is 10.2 Å². The molecule has 0 atom stereocenters. The van der Waals surface area contributed by atoms with Crippen molar-refractivity contribution >= 4 is 11.7 Å². The molecule has 19 heavy (non-hydrogen) atoms. The lowest BCUT2D eigenvalue weighted by Gasteiger charge is -2.11. The van der Waals surface area contributed by atoms with Crippen molar-refractivity contribution in [3.63, 3.8) is 0 Å². The Bertz CT molecular complexity index is 604. The van der Waals surface area contributed by atoms with Crippen molar-refractivity contribution in [2.45, 2.75) is 19.7 Å². The average Bonchev–Trinajstić information content (AvgIpc) is 2.76. The van der Waals surface area contributed by atoms with E-state index in [0.29, 0.717) is 12.4 Å². The van der Waals surface area contributed by atoms with E-state index in [4.69, 9.17) is 4.74 Å². The summed E-state index contributed by atoms with van der Waals surface area (Å²) >= 11 is 0. The van der Waals surface area contributed by atoms with Gasteiger partial charge in [-0.2, -0.15) is 13.2 Å². The number of halogens is 3. The minimum absolute atomic E-state index is 0.0182. The third-order valence-electron chi connectivity index (χ3n) is 2.62. The van der Waals surface area contributed by atoms with Crippen LogP contribution in [-0.2, 0) is 17.5 Å². The van der Waals surface area contributed by atoms with E-state index in [9.17, 15) is 13.2 Å². The first kappa shape index (κ1) is 13.5. The highest BCUT2D eigenvalue weighted by Gasteiger charge is 2.36. The highest BCUT2D eigenvalue weighted by Crippen LogP contribution is 2.35. The van der Waals surface area contributed by atoms with Crippen molar-refractivity contribution in [1.82, 2.24) is 14.6 Å². The summed E-state index contributed by atoms with van der Waals surface area (Å²) in [6.45, 7) is 5.74. The van der Waals surface area contributed by atoms with Crippen LogP contribution in [0.1, 0.15) is 23.9 Å². The lowest BCUT2D eigenvalue weighted by molar-refractivity contribution is -0.136. The summed E-state index contributed by atoms with van der Waals surface area (Å²) in [6.07, 6.45) is -1.88. The molecule has 0 unspecified atom stereocenters. The fourth-order valence-electron chi connectivity index (χ4n) is 1.77. The Morgan fingerprint density at radius 2 is 2.16 bits per heavy atom. The summed E-state index contributed by atoms with van der Waals surface area (Å²) in [5.41, 5.74) is -1.09. The highest BCUT2D eigenvalue weighted by atomic mass is 19.4. The lowest BCUT2D eigenvalue weighted by Crippen LogP contribution is -2.11. The summed E-state index contributed by atoms with van der Waals surface area (Å²) in [5, 5.41) is 7.35. The molecular weight excluding hydrogens is 259 g/mol. The SMILES string of the molecule is C=Cc1ccn2c(COCC)nnc2c1C(F)(F)F. The summed E-state index contributed by atoms with van der Waals surface area (Å²) in [5.74, 6) is 0.331. The lowest BCUT2D eigenvalue weighted by atomic mass is 10.1. The summed E-state index contributed by atoms with van der Waals surface area (Å²) in [4.78, 5) is 0. The monoisotopic (exact) mass is 271 g/mol. The van der Waals surface area contributed by atoms with Crippen LogP contribution in [0, 0.1) is 0 Å². The van der Waals surface area contributed by atoms with Crippen LogP contribution < -0.4 is 0 Å². The molecule has 4 nitrogen and oxygen atoms in total. The summed E-state index contributed by atoms with van der Waals surface area (Å²) in [7, 11) is 0. The van der Waals surface area contributed by atoms with Crippen molar-refractivity contribution in [3.8, 4) is 0 Å². The first-order chi connectivity index (χ1) is 8.99. The van der Waals surface area contributed by atoms with E-state index in [1.54, 1.807) is 6.92 Å². The fourth-order valence-corrected chi connectivity index (χ4v) is 1.77. The number of alkyl halides is 3. The number of nitrogens with zero attached hydrogens (tertiary/aromatic N) is 3. The maximum atomic E-state index is 13.1. The third kappa shape index (κ3) is 2.46. The topological polar surface area (TPSA) is 39.4 Å². The van der Waals surface area contributed by atoms with Crippen molar-refractivity contribution in [1.29, 1.82) is 0 Å². The van der Waals surface area contributed by atoms with E-state index in [1.165, 1.54) is 16.7 Å². The second kappa shape index (κ2) is 5.00. The van der Waals surface area contributed by atoms with Gasteiger partial charge in [0.15, 0.2) is 11.5 Å². The smallest absolute Gasteiger partial charge is 0.374 e. The average molecular weight is 271 g/mol. The van der Waals surface area contributed by atoms with E-state index >= 15 is 0 Å². The maximum Gasteiger partial charge on any atom is 0.420 e. The van der Waals surface area contributed by atoms with Crippen LogP contribution in [0.2, 0.25) is 0 Å². The molecule has 0 aliphatic rings. The Hall–Kier alpha value is -1.89. The van der Waals surface area contributed by atoms with Gasteiger partial charge in [0.25, 0.3) is 0 Å². The van der Waals surface area contributed by atoms with Crippen molar-refractivity contribution in [3.05, 3.63) is 35.8 Å². The van der Waals surface area contributed by atoms with E-state index in [1.807, 2.05) is 0 Å². The molecule has 2 heterocycles. The van der Waals surface area contributed by atoms with Gasteiger partial charge in [0.2, 0.25) is 0 Å². The maximum absolute atomic E-state index is 13.1. The van der Waals surface area contributed by atoms with Crippen LogP contribution in [0.25, 0.3) is 11.7 Å². The molecule has 0 bridgehead atoms. The molecule has 0 fully saturated rings. The molecule has 0 aliphatic heterocycles. The predicted molar refractivity (Wildman–Crippen MR) is 63.4 cm³/mol. The molecule has 0 radical (unpaired) electrons. The van der Waals surface area contributed by atoms with Gasteiger partial charge in [-0.3, -0.25) is 4.40 Å². The van der Waals surface area contributed by atoms with Crippen LogP contribution in [0.15, 0.2) is 18.8 Å². The third-order valence-corrected chi connectivity index (χ3v) is 2.62. The molecule has 2 rings (SSSR count). The van der Waals surface area contributed by atoms with E-state index < -0.39 is 11.7 Å². The van der Waals surface area contributed by atoms with Crippen LogP contribution in [0.4, 0.5) is 13.2 Å². The van der Waals surface area contributed by atoms with Gasteiger partial charge < -0.3 is 4.74 Å². The summed E-state index contributed by atoms with van der Waals surface area (Å²) in [6, 6.07) is 1.33. The standard InChI is InChI=1S/C12H12F3N3O/c1-3-8-5-6-18-9(7-19-4-2)16-17-11(18)10(8)12(13,14)15/h3,5-6H,1,4,7H2,2H3. The van der Waals surface area contributed by atoms with Gasteiger partial charge in [-0.1, -0.05) is 12.7 Å². The van der Waals surface area contributed by atoms with Gasteiger partial charge in [0.05, 0.1) is 0 Å². The number of rotatable bonds is 4. The molecule has 0 N–H and O–H groups in total. The summed E-state index contributed by atoms with van der Waals surface area (Å²) < 4.78 is 45.6. The van der Waals surface area contributed by atoms with Crippen LogP contribution >= 0.6 is 0 Å². The van der Waals surface area contributed by atoms with E-state index in [2.05, 4.69) is 16.8 Å². The van der Waals surface area contributed by atoms with E-state index in [0.717, 1.165) is 6.08 Å². The Morgan fingerprint density at radius 3 is 2.74 bits per heavy atom. The molecule has 0 amide bonds. The molecule has 0 spiro atoms. The molecule has 0 saturated carbocycles. The second-order valence-electron chi connectivity index (χ2n) is 3.79. The second-order valence-corrected chi connectivity index (χ2v) is 3.79. The predicted octanol–water partition coefficient (Wildman–Crippen LogP) is 2.93. The van der Waals surface area contributed by atoms with Gasteiger partial charge in [-0.25, -0.2) is 0 Å². The number of aromatic nitrogens is 3. The first-order valence-corrected chi connectivity index (χ1v) is 5.63. The molecule has 102 valence electrons. The normalized spacial score (nSPS) is 12.0. The minimum atomic E-state index is -4.51. The quantitative estimate of drug-likeness (QED) is 0.858. The Balaban J connectivity index is 2.63. The first-order valence-electron chi connectivity index (χ1n) is 5.63. The zero-order valence-corrected chi connectivity index (χ0v) is 10.2. The molecule has 2 aromatic rings. The molecule has 0 saturated heterocycles. The number of fused-ring (bicyclic) bond motifs is 1. The molecule has 0 aromatic carbocycles. The van der Waals surface area contributed by atoms with Crippen molar-refractivity contribution < 1.29 is 17.9 Å². The Labute approximate surface area is 107 Å². The Kier molecular flexibility index (Phi) is 3.57. The van der Waals surface area contributed by atoms with Gasteiger partial charge in [0.1, 0.15) is 12.2 Å². The number of hydrogen-bond donors (Lipinski definition) is 0. The van der Waals surface area contributed by atoms with E-state index in [-0.39, 0.29) is 17.8 Å². The largest absolute Gasteiger partial charge is 0.420 e. The van der Waals surface area contributed by atoms with Crippen LogP contribution in [0.5, 0.6) is 0 Å². The zero-order valence-electron chi connectivity index (χ0n) is 10.2. The minimum Gasteiger partial charge on any atom is -0.374 e. The Morgan fingerprint density at radius 1 is 1.42 bits per heavy atom. The van der Waals surface area contributed by atoms with Gasteiger partial charge >= 0.3 is 6.18 Å². The molecular formula is C12H12F3N3O. The van der Waals surface area contributed by atoms with Gasteiger partial charge in [-0.05, 0) is 18.6 Å². The van der Waals surface area contributed by atoms with Gasteiger partial charge in [0, 0.05) is 12.8 Å². The highest BCUT2D eigenvalue weighted by molar-refractivity contribution is 5.63. The number of pyridine rings is 1. The van der Waals surface area contributed by atoms with Crippen molar-refractivity contribution in [2.75, 3.05) is 6.61 Å². The number of ether oxygens (including phenoxy) is 1. The fraction of sp³-hybridized carbons (Fsp3) is 0.333. The van der Waals surface area contributed by atoms with Crippen LogP contribution in [-0.4, -0.2) is 21.2 Å². The molecule has 7 heteroatoms. The molecule has 0 aliphatic carbocycles. The molecule has 2 aromatic heterocycles.